The van der Waals surface area contributed by atoms with Gasteiger partial charge in [0.1, 0.15) is 12.6 Å². The highest BCUT2D eigenvalue weighted by molar-refractivity contribution is 5.90. The van der Waals surface area contributed by atoms with Gasteiger partial charge in [0.25, 0.3) is 0 Å². The Morgan fingerprint density at radius 1 is 0.814 bits per heavy atom. The average Bonchev–Trinajstić information content (AvgIpc) is 3.77. The van der Waals surface area contributed by atoms with Gasteiger partial charge in [-0.2, -0.15) is 0 Å². The molecule has 2 unspecified atom stereocenters. The molecule has 0 saturated heterocycles. The van der Waals surface area contributed by atoms with Crippen LogP contribution in [0.25, 0.3) is 0 Å². The van der Waals surface area contributed by atoms with Crippen LogP contribution in [0, 0.1) is 17.8 Å². The number of allylic oxidation sites excluding steroid dienone is 1. The lowest BCUT2D eigenvalue weighted by atomic mass is 9.81. The molecule has 0 radical (unpaired) electrons. The number of amides is 3. The first kappa shape index (κ1) is 44.8. The Morgan fingerprint density at radius 3 is 2.02 bits per heavy atom. The number of H-pyrrole nitrogens is 1. The summed E-state index contributed by atoms with van der Waals surface area (Å²) in [5.41, 5.74) is 3.51. The summed E-state index contributed by atoms with van der Waals surface area (Å²) in [5.74, 6) is 0.0486. The van der Waals surface area contributed by atoms with Crippen LogP contribution in [0.2, 0.25) is 0 Å². The average molecular weight is 805 g/mol. The molecular formula is C48H64N6O5. The predicted molar refractivity (Wildman–Crippen MR) is 232 cm³/mol. The van der Waals surface area contributed by atoms with Crippen LogP contribution >= 0.6 is 0 Å². The van der Waals surface area contributed by atoms with Crippen LogP contribution in [0.5, 0.6) is 0 Å². The lowest BCUT2D eigenvalue weighted by Crippen LogP contribution is -2.58. The van der Waals surface area contributed by atoms with Gasteiger partial charge in [0.05, 0.1) is 24.5 Å². The molecule has 11 nitrogen and oxygen atoms in total. The van der Waals surface area contributed by atoms with Crippen molar-refractivity contribution in [2.24, 2.45) is 17.8 Å². The smallest absolute Gasteiger partial charge is 0.407 e. The molecule has 0 bridgehead atoms. The van der Waals surface area contributed by atoms with Crippen molar-refractivity contribution in [3.63, 3.8) is 0 Å². The normalized spacial score (nSPS) is 16.2. The number of ether oxygens (including phenoxy) is 1. The highest BCUT2D eigenvalue weighted by atomic mass is 16.5. The monoisotopic (exact) mass is 804 g/mol. The minimum absolute atomic E-state index is 0.0898. The summed E-state index contributed by atoms with van der Waals surface area (Å²) in [6, 6.07) is 26.4. The summed E-state index contributed by atoms with van der Waals surface area (Å²) in [5, 5.41) is 24.4. The zero-order valence-electron chi connectivity index (χ0n) is 34.7. The number of hydrogen-bond donors (Lipinski definition) is 6. The van der Waals surface area contributed by atoms with Crippen LogP contribution in [-0.4, -0.2) is 69.8 Å². The van der Waals surface area contributed by atoms with Gasteiger partial charge < -0.3 is 36.1 Å². The number of nitrogens with one attached hydrogen (secondary N) is 5. The Labute approximate surface area is 350 Å². The number of carbonyl (C=O) groups is 3. The molecule has 0 spiro atoms. The zero-order chi connectivity index (χ0) is 41.8. The largest absolute Gasteiger partial charge is 0.445 e. The van der Waals surface area contributed by atoms with Crippen molar-refractivity contribution in [2.45, 2.75) is 115 Å². The van der Waals surface area contributed by atoms with E-state index in [2.05, 4.69) is 51.7 Å². The van der Waals surface area contributed by atoms with Crippen molar-refractivity contribution >= 4 is 17.9 Å². The fourth-order valence-electron chi connectivity index (χ4n) is 7.96. The number of alkyl carbamates (subject to hydrolysis) is 1. The number of nitrogens with zero attached hydrogens (tertiary/aromatic N) is 1. The van der Waals surface area contributed by atoms with E-state index in [4.69, 9.17) is 4.74 Å². The van der Waals surface area contributed by atoms with Crippen molar-refractivity contribution in [1.29, 1.82) is 0 Å². The Morgan fingerprint density at radius 2 is 1.42 bits per heavy atom. The lowest BCUT2D eigenvalue weighted by Gasteiger charge is -2.33. The summed E-state index contributed by atoms with van der Waals surface area (Å²) in [6.07, 6.45) is 11.5. The third-order valence-corrected chi connectivity index (χ3v) is 11.5. The third kappa shape index (κ3) is 15.5. The first-order chi connectivity index (χ1) is 28.7. The predicted octanol–water partition coefficient (Wildman–Crippen LogP) is 6.84. The number of carbonyl (C=O) groups excluding carboxylic acids is 3. The van der Waals surface area contributed by atoms with Gasteiger partial charge in [-0.05, 0) is 60.1 Å². The summed E-state index contributed by atoms with van der Waals surface area (Å²) in [6.45, 7) is 8.61. The van der Waals surface area contributed by atoms with Gasteiger partial charge in [0.2, 0.25) is 11.8 Å². The van der Waals surface area contributed by atoms with E-state index in [0.29, 0.717) is 37.3 Å². The topological polar surface area (TPSA) is 157 Å². The molecule has 1 aliphatic rings. The van der Waals surface area contributed by atoms with E-state index in [9.17, 15) is 19.5 Å². The Hall–Kier alpha value is -5.26. The van der Waals surface area contributed by atoms with E-state index in [1.54, 1.807) is 12.5 Å². The number of imidazole rings is 1. The van der Waals surface area contributed by atoms with E-state index in [1.807, 2.05) is 97.1 Å². The molecule has 3 amide bonds. The minimum atomic E-state index is -0.962. The molecule has 1 aliphatic carbocycles. The van der Waals surface area contributed by atoms with Crippen LogP contribution in [0.4, 0.5) is 4.79 Å². The molecule has 6 N–H and O–H groups in total. The first-order valence-corrected chi connectivity index (χ1v) is 21.3. The van der Waals surface area contributed by atoms with Gasteiger partial charge in [-0.1, -0.05) is 143 Å². The zero-order valence-corrected chi connectivity index (χ0v) is 34.7. The van der Waals surface area contributed by atoms with Crippen LogP contribution in [-0.2, 0) is 40.2 Å². The fourth-order valence-corrected chi connectivity index (χ4v) is 7.96. The first-order valence-electron chi connectivity index (χ1n) is 21.3. The van der Waals surface area contributed by atoms with Crippen LogP contribution in [0.15, 0.2) is 116 Å². The Kier molecular flexibility index (Phi) is 18.2. The van der Waals surface area contributed by atoms with E-state index < -0.39 is 36.4 Å². The van der Waals surface area contributed by atoms with Crippen LogP contribution in [0.1, 0.15) is 81.2 Å². The summed E-state index contributed by atoms with van der Waals surface area (Å²) >= 11 is 0. The molecule has 11 heteroatoms. The van der Waals surface area contributed by atoms with Crippen molar-refractivity contribution in [2.75, 3.05) is 6.54 Å². The standard InChI is InChI=1S/C48H64N6O5/c1-4-39(34(2)3)28-45(55)42(26-36-19-11-6-12-20-36)53-47(57)44(29-40-30-49-33-51-40)54-46(56)43(27-37-21-13-7-14-22-37)50-31-41(25-35-17-9-5-10-18-35)52-48(58)59-32-38-23-15-8-16-24-38/h4-5,7-10,13-18,21-24,30,33-34,36,39,41-45,50,55H,1,6,11-12,19-20,25-29,31-32H2,2-3H3,(H,49,51)(H,52,58)(H,53,57)(H,54,56)/t39-,41?,42-,43?,44-,45-/m0/s1. The molecule has 1 saturated carbocycles. The van der Waals surface area contributed by atoms with E-state index >= 15 is 0 Å². The molecular weight excluding hydrogens is 741 g/mol. The second-order valence-electron chi connectivity index (χ2n) is 16.4. The molecule has 5 rings (SSSR count). The molecule has 1 fully saturated rings. The number of benzene rings is 3. The summed E-state index contributed by atoms with van der Waals surface area (Å²) < 4.78 is 5.58. The van der Waals surface area contributed by atoms with Crippen molar-refractivity contribution in [3.8, 4) is 0 Å². The molecule has 1 aromatic heterocycles. The van der Waals surface area contributed by atoms with Crippen LogP contribution < -0.4 is 21.3 Å². The third-order valence-electron chi connectivity index (χ3n) is 11.5. The molecule has 0 aliphatic heterocycles. The minimum Gasteiger partial charge on any atom is -0.445 e. The number of aromatic nitrogens is 2. The van der Waals surface area contributed by atoms with Crippen molar-refractivity contribution < 1.29 is 24.2 Å². The van der Waals surface area contributed by atoms with Gasteiger partial charge in [0.15, 0.2) is 0 Å². The van der Waals surface area contributed by atoms with Crippen LogP contribution in [0.3, 0.4) is 0 Å². The number of aliphatic hydroxyl groups is 1. The molecule has 316 valence electrons. The molecule has 59 heavy (non-hydrogen) atoms. The SMILES string of the molecule is C=C[C@@H](C[C@H](O)[C@H](CC1CCCCC1)NC(=O)[C@H](Cc1cnc[nH]1)NC(=O)C(Cc1ccccc1)NCC(Cc1ccccc1)NC(=O)OCc1ccccc1)C(C)C. The number of aliphatic hydroxyl groups excluding tert-OH is 1. The maximum atomic E-state index is 14.5. The quantitative estimate of drug-likeness (QED) is 0.0449. The van der Waals surface area contributed by atoms with Crippen molar-refractivity contribution in [1.82, 2.24) is 31.2 Å². The van der Waals surface area contributed by atoms with Gasteiger partial charge in [-0.15, -0.1) is 6.58 Å². The number of hydrogen-bond acceptors (Lipinski definition) is 7. The van der Waals surface area contributed by atoms with Gasteiger partial charge in [-0.3, -0.25) is 9.59 Å². The van der Waals surface area contributed by atoms with E-state index in [-0.39, 0.29) is 43.2 Å². The second-order valence-corrected chi connectivity index (χ2v) is 16.4. The Balaban J connectivity index is 1.34. The van der Waals surface area contributed by atoms with Gasteiger partial charge in [0, 0.05) is 30.9 Å². The Bertz CT molecular complexity index is 1820. The second kappa shape index (κ2) is 24.0. The number of rotatable bonds is 23. The van der Waals surface area contributed by atoms with Gasteiger partial charge >= 0.3 is 6.09 Å². The van der Waals surface area contributed by atoms with E-state index in [0.717, 1.165) is 42.4 Å². The van der Waals surface area contributed by atoms with E-state index in [1.165, 1.54) is 6.42 Å². The fraction of sp³-hybridized carbons (Fsp3) is 0.458. The summed E-state index contributed by atoms with van der Waals surface area (Å²) in [7, 11) is 0. The van der Waals surface area contributed by atoms with Gasteiger partial charge in [-0.25, -0.2) is 9.78 Å². The molecule has 1 heterocycles. The lowest BCUT2D eigenvalue weighted by molar-refractivity contribution is -0.131. The highest BCUT2D eigenvalue weighted by Crippen LogP contribution is 2.30. The highest BCUT2D eigenvalue weighted by Gasteiger charge is 2.33. The molecule has 4 aromatic rings. The maximum Gasteiger partial charge on any atom is 0.407 e. The summed E-state index contributed by atoms with van der Waals surface area (Å²) in [4.78, 5) is 49.3. The number of aromatic amines is 1. The maximum absolute atomic E-state index is 14.5. The molecule has 6 atom stereocenters. The molecule has 3 aromatic carbocycles. The van der Waals surface area contributed by atoms with Crippen molar-refractivity contribution in [3.05, 3.63) is 139 Å².